The summed E-state index contributed by atoms with van der Waals surface area (Å²) in [5, 5.41) is 12.1. The normalized spacial score (nSPS) is 11.7. The number of aliphatic hydroxyl groups excluding tert-OH is 1. The second-order valence-electron chi connectivity index (χ2n) is 6.21. The van der Waals surface area contributed by atoms with E-state index in [0.717, 1.165) is 23.3 Å². The number of carbonyl (C=O) groups is 1. The monoisotopic (exact) mass is 401 g/mol. The molecule has 0 heterocycles. The second-order valence-corrected chi connectivity index (χ2v) is 6.21. The van der Waals surface area contributed by atoms with E-state index in [4.69, 9.17) is 4.74 Å². The fourth-order valence-electron chi connectivity index (χ4n) is 2.89. The van der Waals surface area contributed by atoms with Gasteiger partial charge >= 0.3 is 0 Å². The average Bonchev–Trinajstić information content (AvgIpc) is 2.73. The second kappa shape index (κ2) is 9.25. The van der Waals surface area contributed by atoms with Crippen molar-refractivity contribution in [1.29, 1.82) is 0 Å². The number of carbonyl (C=O) groups excluding carboxylic acids is 1. The summed E-state index contributed by atoms with van der Waals surface area (Å²) < 4.78 is 44.5. The van der Waals surface area contributed by atoms with Crippen molar-refractivity contribution in [3.8, 4) is 16.9 Å². The van der Waals surface area contributed by atoms with Crippen molar-refractivity contribution < 1.29 is 27.8 Å². The highest BCUT2D eigenvalue weighted by Gasteiger charge is 2.21. The standard InChI is InChI=1S/C22H18F3NO3/c23-13-29-17-10-8-15(9-11-17)14-4-6-16(7-5-14)20(12-27)26-22(28)21-18(24)2-1-3-19(21)25/h1-11,20,27H,12-13H2,(H,26,28). The summed E-state index contributed by atoms with van der Waals surface area (Å²) in [4.78, 5) is 12.3. The van der Waals surface area contributed by atoms with Crippen molar-refractivity contribution in [3.63, 3.8) is 0 Å². The van der Waals surface area contributed by atoms with Crippen LogP contribution in [-0.4, -0.2) is 24.5 Å². The lowest BCUT2D eigenvalue weighted by molar-refractivity contribution is 0.0907. The minimum atomic E-state index is -0.977. The molecule has 1 amide bonds. The Kier molecular flexibility index (Phi) is 6.51. The smallest absolute Gasteiger partial charge is 0.257 e. The Hall–Kier alpha value is -3.32. The molecular formula is C22H18F3NO3. The van der Waals surface area contributed by atoms with Crippen LogP contribution < -0.4 is 10.1 Å². The van der Waals surface area contributed by atoms with Crippen LogP contribution in [0.2, 0.25) is 0 Å². The Bertz CT molecular complexity index is 955. The molecule has 3 rings (SSSR count). The molecule has 0 fully saturated rings. The summed E-state index contributed by atoms with van der Waals surface area (Å²) in [5.74, 6) is -2.49. The predicted molar refractivity (Wildman–Crippen MR) is 102 cm³/mol. The van der Waals surface area contributed by atoms with Crippen molar-refractivity contribution in [2.45, 2.75) is 6.04 Å². The Labute approximate surface area is 165 Å². The molecule has 4 nitrogen and oxygen atoms in total. The van der Waals surface area contributed by atoms with Crippen molar-refractivity contribution in [1.82, 2.24) is 5.32 Å². The molecule has 3 aromatic carbocycles. The molecule has 0 saturated carbocycles. The van der Waals surface area contributed by atoms with Crippen molar-refractivity contribution in [2.24, 2.45) is 0 Å². The summed E-state index contributed by atoms with van der Waals surface area (Å²) in [5.41, 5.74) is 1.58. The zero-order valence-corrected chi connectivity index (χ0v) is 15.2. The third-order valence-electron chi connectivity index (χ3n) is 4.40. The zero-order chi connectivity index (χ0) is 20.8. The number of hydrogen-bond donors (Lipinski definition) is 2. The molecule has 0 aromatic heterocycles. The van der Waals surface area contributed by atoms with E-state index < -0.39 is 42.6 Å². The molecule has 1 unspecified atom stereocenters. The quantitative estimate of drug-likeness (QED) is 0.617. The SMILES string of the molecule is O=C(NC(CO)c1ccc(-c2ccc(OCF)cc2)cc1)c1c(F)cccc1F. The summed E-state index contributed by atoms with van der Waals surface area (Å²) in [6.07, 6.45) is 0. The van der Waals surface area contributed by atoms with Gasteiger partial charge < -0.3 is 15.2 Å². The lowest BCUT2D eigenvalue weighted by atomic mass is 10.0. The number of benzene rings is 3. The van der Waals surface area contributed by atoms with Crippen LogP contribution in [0.25, 0.3) is 11.1 Å². The Morgan fingerprint density at radius 2 is 1.48 bits per heavy atom. The number of amides is 1. The number of nitrogens with one attached hydrogen (secondary N) is 1. The van der Waals surface area contributed by atoms with Gasteiger partial charge in [0.05, 0.1) is 12.6 Å². The van der Waals surface area contributed by atoms with Crippen molar-refractivity contribution in [2.75, 3.05) is 13.5 Å². The van der Waals surface area contributed by atoms with Crippen LogP contribution in [-0.2, 0) is 0 Å². The molecule has 1 atom stereocenters. The molecule has 0 bridgehead atoms. The maximum atomic E-state index is 13.8. The highest BCUT2D eigenvalue weighted by atomic mass is 19.1. The van der Waals surface area contributed by atoms with Crippen LogP contribution in [0.1, 0.15) is 22.0 Å². The number of hydrogen-bond acceptors (Lipinski definition) is 3. The predicted octanol–water partition coefficient (Wildman–Crippen LogP) is 4.40. The van der Waals surface area contributed by atoms with Crippen molar-refractivity contribution in [3.05, 3.63) is 89.5 Å². The third kappa shape index (κ3) is 4.75. The van der Waals surface area contributed by atoms with Crippen LogP contribution in [0, 0.1) is 11.6 Å². The van der Waals surface area contributed by atoms with Gasteiger partial charge in [0, 0.05) is 0 Å². The van der Waals surface area contributed by atoms with E-state index >= 15 is 0 Å². The third-order valence-corrected chi connectivity index (χ3v) is 4.40. The van der Waals surface area contributed by atoms with Crippen LogP contribution >= 0.6 is 0 Å². The van der Waals surface area contributed by atoms with Gasteiger partial charge in [-0.15, -0.1) is 0 Å². The molecule has 0 aliphatic carbocycles. The molecule has 0 aliphatic heterocycles. The summed E-state index contributed by atoms with van der Waals surface area (Å²) in [6.45, 7) is -1.35. The maximum Gasteiger partial charge on any atom is 0.257 e. The lowest BCUT2D eigenvalue weighted by Crippen LogP contribution is -2.32. The highest BCUT2D eigenvalue weighted by Crippen LogP contribution is 2.25. The van der Waals surface area contributed by atoms with Crippen LogP contribution in [0.3, 0.4) is 0 Å². The molecule has 0 aliphatic rings. The van der Waals surface area contributed by atoms with Gasteiger partial charge in [-0.3, -0.25) is 4.79 Å². The molecule has 2 N–H and O–H groups in total. The van der Waals surface area contributed by atoms with Crippen LogP contribution in [0.5, 0.6) is 5.75 Å². The van der Waals surface area contributed by atoms with Crippen LogP contribution in [0.4, 0.5) is 13.2 Å². The van der Waals surface area contributed by atoms with E-state index in [1.165, 1.54) is 6.07 Å². The minimum Gasteiger partial charge on any atom is -0.463 e. The fraction of sp³-hybridized carbons (Fsp3) is 0.136. The molecule has 29 heavy (non-hydrogen) atoms. The highest BCUT2D eigenvalue weighted by molar-refractivity contribution is 5.95. The molecule has 0 saturated heterocycles. The molecule has 150 valence electrons. The van der Waals surface area contributed by atoms with Gasteiger partial charge in [-0.2, -0.15) is 0 Å². The van der Waals surface area contributed by atoms with Gasteiger partial charge in [-0.25, -0.2) is 13.2 Å². The molecule has 7 heteroatoms. The Morgan fingerprint density at radius 1 is 0.931 bits per heavy atom. The number of halogens is 3. The number of ether oxygens (including phenoxy) is 1. The maximum absolute atomic E-state index is 13.8. The molecular weight excluding hydrogens is 383 g/mol. The molecule has 3 aromatic rings. The van der Waals surface area contributed by atoms with E-state index in [-0.39, 0.29) is 0 Å². The van der Waals surface area contributed by atoms with Gasteiger partial charge in [0.15, 0.2) is 0 Å². The average molecular weight is 401 g/mol. The van der Waals surface area contributed by atoms with E-state index in [1.807, 2.05) is 0 Å². The van der Waals surface area contributed by atoms with Crippen LogP contribution in [0.15, 0.2) is 66.7 Å². The summed E-state index contributed by atoms with van der Waals surface area (Å²) in [7, 11) is 0. The van der Waals surface area contributed by atoms with Crippen molar-refractivity contribution >= 4 is 5.91 Å². The van der Waals surface area contributed by atoms with Gasteiger partial charge in [0.25, 0.3) is 5.91 Å². The van der Waals surface area contributed by atoms with E-state index in [1.54, 1.807) is 48.5 Å². The van der Waals surface area contributed by atoms with E-state index in [0.29, 0.717) is 11.3 Å². The first-order valence-electron chi connectivity index (χ1n) is 8.78. The number of aliphatic hydroxyl groups is 1. The number of alkyl halides is 1. The largest absolute Gasteiger partial charge is 0.463 e. The number of rotatable bonds is 7. The first-order valence-corrected chi connectivity index (χ1v) is 8.78. The lowest BCUT2D eigenvalue weighted by Gasteiger charge is -2.18. The Balaban J connectivity index is 1.75. The van der Waals surface area contributed by atoms with Gasteiger partial charge in [-0.1, -0.05) is 42.5 Å². The van der Waals surface area contributed by atoms with E-state index in [9.17, 15) is 23.1 Å². The topological polar surface area (TPSA) is 58.6 Å². The zero-order valence-electron chi connectivity index (χ0n) is 15.2. The van der Waals surface area contributed by atoms with Gasteiger partial charge in [0.2, 0.25) is 6.86 Å². The van der Waals surface area contributed by atoms with Gasteiger partial charge in [-0.05, 0) is 41.0 Å². The first-order chi connectivity index (χ1) is 14.0. The minimum absolute atomic E-state index is 0.413. The fourth-order valence-corrected chi connectivity index (χ4v) is 2.89. The summed E-state index contributed by atoms with van der Waals surface area (Å²) >= 11 is 0. The van der Waals surface area contributed by atoms with E-state index in [2.05, 4.69) is 5.32 Å². The Morgan fingerprint density at radius 3 is 2.00 bits per heavy atom. The first kappa shape index (κ1) is 20.4. The van der Waals surface area contributed by atoms with Gasteiger partial charge in [0.1, 0.15) is 22.9 Å². The molecule has 0 radical (unpaired) electrons. The summed E-state index contributed by atoms with van der Waals surface area (Å²) in [6, 6.07) is 16.1. The molecule has 0 spiro atoms.